The number of carboxylic acids is 1. The number of hydrogen-bond donors (Lipinski definition) is 2. The molecule has 3 rings (SSSR count). The molecule has 7 nitrogen and oxygen atoms in total. The van der Waals surface area contributed by atoms with E-state index in [2.05, 4.69) is 15.3 Å². The lowest BCUT2D eigenvalue weighted by atomic mass is 10.1. The van der Waals surface area contributed by atoms with Crippen molar-refractivity contribution in [1.82, 2.24) is 9.55 Å². The van der Waals surface area contributed by atoms with Crippen molar-refractivity contribution in [1.29, 1.82) is 0 Å². The molecule has 1 aromatic heterocycles. The first-order valence-corrected chi connectivity index (χ1v) is 7.43. The van der Waals surface area contributed by atoms with Gasteiger partial charge in [0.1, 0.15) is 17.6 Å². The molecule has 0 radical (unpaired) electrons. The molecule has 2 N–H and O–H groups in total. The third-order valence-electron chi connectivity index (χ3n) is 3.78. The minimum Gasteiger partial charge on any atom is -0.545 e. The first kappa shape index (κ1) is 15.2. The number of imidazole rings is 1. The van der Waals surface area contributed by atoms with E-state index in [1.54, 1.807) is 24.8 Å². The molecule has 0 saturated carbocycles. The van der Waals surface area contributed by atoms with E-state index in [0.717, 1.165) is 24.2 Å². The van der Waals surface area contributed by atoms with E-state index in [4.69, 9.17) is 0 Å². The molecular formula is C16H17N4O3-. The van der Waals surface area contributed by atoms with Crippen molar-refractivity contribution >= 4 is 18.1 Å². The number of benzene rings is 1. The van der Waals surface area contributed by atoms with Crippen LogP contribution in [0.15, 0.2) is 35.6 Å². The predicted molar refractivity (Wildman–Crippen MR) is 83.3 cm³/mol. The summed E-state index contributed by atoms with van der Waals surface area (Å²) in [5.74, 6) is -0.411. The van der Waals surface area contributed by atoms with Gasteiger partial charge in [0.05, 0.1) is 25.2 Å². The highest BCUT2D eigenvalue weighted by Crippen LogP contribution is 2.24. The number of carbonyl (C=O) groups excluding carboxylic acids is 1. The summed E-state index contributed by atoms with van der Waals surface area (Å²) in [5, 5.41) is 23.9. The van der Waals surface area contributed by atoms with Gasteiger partial charge in [-0.3, -0.25) is 4.99 Å². The number of hydrogen-bond acceptors (Lipinski definition) is 6. The fourth-order valence-corrected chi connectivity index (χ4v) is 2.62. The second-order valence-corrected chi connectivity index (χ2v) is 5.42. The molecule has 1 unspecified atom stereocenters. The summed E-state index contributed by atoms with van der Waals surface area (Å²) in [7, 11) is 0. The fourth-order valence-electron chi connectivity index (χ4n) is 2.62. The summed E-state index contributed by atoms with van der Waals surface area (Å²) >= 11 is 0. The summed E-state index contributed by atoms with van der Waals surface area (Å²) in [6.07, 6.45) is 4.12. The molecule has 0 saturated heterocycles. The first-order chi connectivity index (χ1) is 11.1. The van der Waals surface area contributed by atoms with Crippen LogP contribution in [0.1, 0.15) is 34.1 Å². The van der Waals surface area contributed by atoms with E-state index in [0.29, 0.717) is 18.8 Å². The molecule has 23 heavy (non-hydrogen) atoms. The van der Waals surface area contributed by atoms with Gasteiger partial charge in [0.15, 0.2) is 0 Å². The summed E-state index contributed by atoms with van der Waals surface area (Å²) in [5.41, 5.74) is 1.74. The molecule has 1 aliphatic heterocycles. The summed E-state index contributed by atoms with van der Waals surface area (Å²) in [6.45, 7) is 0.998. The van der Waals surface area contributed by atoms with Crippen molar-refractivity contribution in [3.8, 4) is 0 Å². The van der Waals surface area contributed by atoms with Gasteiger partial charge in [-0.05, 0) is 30.0 Å². The van der Waals surface area contributed by atoms with Crippen LogP contribution >= 0.6 is 0 Å². The topological polar surface area (TPSA) is 103 Å². The zero-order valence-electron chi connectivity index (χ0n) is 12.5. The van der Waals surface area contributed by atoms with E-state index in [9.17, 15) is 15.0 Å². The van der Waals surface area contributed by atoms with Crippen molar-refractivity contribution in [3.05, 3.63) is 47.4 Å². The molecule has 0 bridgehead atoms. The molecule has 7 heteroatoms. The highest BCUT2D eigenvalue weighted by atomic mass is 16.4. The van der Waals surface area contributed by atoms with Crippen molar-refractivity contribution < 1.29 is 15.0 Å². The predicted octanol–water partition coefficient (Wildman–Crippen LogP) is 0.367. The number of aliphatic hydroxyl groups is 1. The van der Waals surface area contributed by atoms with Crippen molar-refractivity contribution in [2.75, 3.05) is 11.9 Å². The second kappa shape index (κ2) is 6.62. The number of aliphatic imine (C=N–C) groups is 1. The normalized spacial score (nSPS) is 16.5. The Morgan fingerprint density at radius 2 is 2.35 bits per heavy atom. The maximum absolute atomic E-state index is 10.9. The highest BCUT2D eigenvalue weighted by Gasteiger charge is 2.19. The fraction of sp³-hybridized carbons (Fsp3) is 0.312. The third kappa shape index (κ3) is 3.40. The van der Waals surface area contributed by atoms with Gasteiger partial charge in [0.2, 0.25) is 0 Å². The zero-order chi connectivity index (χ0) is 16.2. The van der Waals surface area contributed by atoms with Crippen molar-refractivity contribution in [2.24, 2.45) is 4.99 Å². The van der Waals surface area contributed by atoms with E-state index in [1.807, 2.05) is 10.6 Å². The Balaban J connectivity index is 1.65. The van der Waals surface area contributed by atoms with Crippen molar-refractivity contribution in [2.45, 2.75) is 25.5 Å². The number of nitrogens with zero attached hydrogens (tertiary/aromatic N) is 3. The van der Waals surface area contributed by atoms with Gasteiger partial charge in [-0.15, -0.1) is 0 Å². The van der Waals surface area contributed by atoms with Gasteiger partial charge in [-0.1, -0.05) is 18.2 Å². The van der Waals surface area contributed by atoms with E-state index < -0.39 is 12.1 Å². The smallest absolute Gasteiger partial charge is 0.137 e. The zero-order valence-corrected chi connectivity index (χ0v) is 12.5. The molecular weight excluding hydrogens is 296 g/mol. The van der Waals surface area contributed by atoms with Crippen LogP contribution in [-0.2, 0) is 13.0 Å². The van der Waals surface area contributed by atoms with Crippen LogP contribution in [0.4, 0.5) is 5.82 Å². The van der Waals surface area contributed by atoms with Gasteiger partial charge in [-0.25, -0.2) is 4.98 Å². The lowest BCUT2D eigenvalue weighted by Gasteiger charge is -2.10. The number of carbonyl (C=O) groups is 1. The van der Waals surface area contributed by atoms with Gasteiger partial charge < -0.3 is 24.9 Å². The maximum Gasteiger partial charge on any atom is 0.137 e. The van der Waals surface area contributed by atoms with Crippen molar-refractivity contribution in [3.63, 3.8) is 0 Å². The quantitative estimate of drug-likeness (QED) is 0.830. The molecule has 120 valence electrons. The van der Waals surface area contributed by atoms with Gasteiger partial charge in [0, 0.05) is 6.54 Å². The Morgan fingerprint density at radius 1 is 1.48 bits per heavy atom. The number of aliphatic hydroxyl groups excluding tert-OH is 1. The summed E-state index contributed by atoms with van der Waals surface area (Å²) < 4.78 is 1.93. The Bertz CT molecular complexity index is 739. The number of aromatic carboxylic acids is 1. The second-order valence-electron chi connectivity index (χ2n) is 5.42. The Labute approximate surface area is 133 Å². The molecule has 1 aromatic carbocycles. The van der Waals surface area contributed by atoms with E-state index in [-0.39, 0.29) is 5.56 Å². The molecule has 0 amide bonds. The average molecular weight is 313 g/mol. The first-order valence-electron chi connectivity index (χ1n) is 7.43. The Kier molecular flexibility index (Phi) is 4.38. The molecule has 2 heterocycles. The summed E-state index contributed by atoms with van der Waals surface area (Å²) in [6, 6.07) is 6.78. The standard InChI is InChI=1S/C16H18N4O3/c21-13-8-17-9-18-15-14(13)19-10-20(15)6-2-4-11-3-1-5-12(7-11)16(22)23/h1,3,5,7,9-10,13,21H,2,4,6,8H2,(H,17,18)(H,22,23)/p-1. The molecule has 0 aliphatic carbocycles. The van der Waals surface area contributed by atoms with Gasteiger partial charge in [-0.2, -0.15) is 0 Å². The molecule has 0 spiro atoms. The summed E-state index contributed by atoms with van der Waals surface area (Å²) in [4.78, 5) is 19.1. The lowest BCUT2D eigenvalue weighted by molar-refractivity contribution is -0.255. The largest absolute Gasteiger partial charge is 0.545 e. The molecule has 1 atom stereocenters. The van der Waals surface area contributed by atoms with Crippen LogP contribution in [0.5, 0.6) is 0 Å². The molecule has 2 aromatic rings. The van der Waals surface area contributed by atoms with Crippen LogP contribution in [0.25, 0.3) is 0 Å². The SMILES string of the molecule is O=C([O-])c1cccc(CCCn2cnc3c2NC=NCC3O)c1. The van der Waals surface area contributed by atoms with Crippen LogP contribution in [0.2, 0.25) is 0 Å². The number of fused-ring (bicyclic) bond motifs is 1. The van der Waals surface area contributed by atoms with Gasteiger partial charge in [0.25, 0.3) is 0 Å². The molecule has 1 aliphatic rings. The molecule has 0 fully saturated rings. The van der Waals surface area contributed by atoms with Crippen LogP contribution in [-0.4, -0.2) is 33.5 Å². The highest BCUT2D eigenvalue weighted by molar-refractivity contribution is 5.85. The number of nitrogens with one attached hydrogen (secondary N) is 1. The van der Waals surface area contributed by atoms with E-state index >= 15 is 0 Å². The van der Waals surface area contributed by atoms with Crippen LogP contribution in [0.3, 0.4) is 0 Å². The van der Waals surface area contributed by atoms with Gasteiger partial charge >= 0.3 is 0 Å². The number of anilines is 1. The van der Waals surface area contributed by atoms with Crippen LogP contribution < -0.4 is 10.4 Å². The Morgan fingerprint density at radius 3 is 3.17 bits per heavy atom. The average Bonchev–Trinajstić information content (AvgIpc) is 2.85. The number of aryl methyl sites for hydroxylation is 2. The monoisotopic (exact) mass is 313 g/mol. The lowest BCUT2D eigenvalue weighted by Crippen LogP contribution is -2.22. The number of carboxylic acid groups (broad SMARTS) is 1. The van der Waals surface area contributed by atoms with E-state index in [1.165, 1.54) is 6.07 Å². The maximum atomic E-state index is 10.9. The third-order valence-corrected chi connectivity index (χ3v) is 3.78. The Hall–Kier alpha value is -2.67. The number of aromatic nitrogens is 2. The number of rotatable bonds is 5. The minimum atomic E-state index is -1.16. The van der Waals surface area contributed by atoms with Crippen LogP contribution in [0, 0.1) is 0 Å². The minimum absolute atomic E-state index is 0.194.